The molecular formula is C16H20N2. The van der Waals surface area contributed by atoms with Gasteiger partial charge >= 0.3 is 0 Å². The van der Waals surface area contributed by atoms with Crippen molar-refractivity contribution in [3.63, 3.8) is 0 Å². The molecule has 2 rings (SSSR count). The summed E-state index contributed by atoms with van der Waals surface area (Å²) in [5.74, 6) is 0. The molecule has 0 bridgehead atoms. The molecule has 0 saturated heterocycles. The largest absolute Gasteiger partial charge is 0.397 e. The van der Waals surface area contributed by atoms with E-state index >= 15 is 0 Å². The minimum absolute atomic E-state index is 0.412. The summed E-state index contributed by atoms with van der Waals surface area (Å²) in [5, 5.41) is 3.46. The van der Waals surface area contributed by atoms with Crippen molar-refractivity contribution in [1.82, 2.24) is 0 Å². The molecule has 0 aliphatic rings. The van der Waals surface area contributed by atoms with Crippen molar-refractivity contribution in [1.29, 1.82) is 0 Å². The summed E-state index contributed by atoms with van der Waals surface area (Å²) in [4.78, 5) is 0. The minimum atomic E-state index is 0.412. The monoisotopic (exact) mass is 240 g/mol. The molecule has 2 aromatic carbocycles. The molecule has 0 heterocycles. The van der Waals surface area contributed by atoms with Gasteiger partial charge in [-0.2, -0.15) is 0 Å². The number of rotatable bonds is 5. The lowest BCUT2D eigenvalue weighted by Crippen LogP contribution is -2.16. The Kier molecular flexibility index (Phi) is 4.24. The Hall–Kier alpha value is -1.96. The standard InChI is InChI=1S/C16H20N2/c1-13(11-12-14-7-3-2-4-8-14)18-16-10-6-5-9-15(16)17/h2-10,13,18H,11-12,17H2,1H3. The van der Waals surface area contributed by atoms with Crippen LogP contribution in [0.3, 0.4) is 0 Å². The predicted octanol–water partition coefficient (Wildman–Crippen LogP) is 3.70. The van der Waals surface area contributed by atoms with E-state index in [1.54, 1.807) is 0 Å². The number of hydrogen-bond acceptors (Lipinski definition) is 2. The Morgan fingerprint density at radius 2 is 1.67 bits per heavy atom. The third-order valence-corrected chi connectivity index (χ3v) is 3.07. The van der Waals surface area contributed by atoms with Crippen molar-refractivity contribution >= 4 is 11.4 Å². The van der Waals surface area contributed by atoms with Crippen molar-refractivity contribution in [2.24, 2.45) is 0 Å². The highest BCUT2D eigenvalue weighted by Crippen LogP contribution is 2.19. The SMILES string of the molecule is CC(CCc1ccccc1)Nc1ccccc1N. The van der Waals surface area contributed by atoms with Crippen molar-refractivity contribution in [3.05, 3.63) is 60.2 Å². The van der Waals surface area contributed by atoms with E-state index in [9.17, 15) is 0 Å². The molecule has 94 valence electrons. The van der Waals surface area contributed by atoms with E-state index in [0.717, 1.165) is 24.2 Å². The molecule has 0 amide bonds. The van der Waals surface area contributed by atoms with E-state index in [1.165, 1.54) is 5.56 Å². The Morgan fingerprint density at radius 1 is 1.00 bits per heavy atom. The number of anilines is 2. The van der Waals surface area contributed by atoms with Gasteiger partial charge in [-0.15, -0.1) is 0 Å². The number of nitrogens with two attached hydrogens (primary N) is 1. The van der Waals surface area contributed by atoms with E-state index in [-0.39, 0.29) is 0 Å². The molecule has 0 aromatic heterocycles. The van der Waals surface area contributed by atoms with Crippen LogP contribution in [-0.4, -0.2) is 6.04 Å². The molecule has 0 spiro atoms. The van der Waals surface area contributed by atoms with Crippen molar-refractivity contribution in [2.75, 3.05) is 11.1 Å². The van der Waals surface area contributed by atoms with Crippen LogP contribution in [0.1, 0.15) is 18.9 Å². The Labute approximate surface area is 109 Å². The Bertz CT molecular complexity index is 479. The molecule has 1 unspecified atom stereocenters. The van der Waals surface area contributed by atoms with Gasteiger partial charge in [0.2, 0.25) is 0 Å². The van der Waals surface area contributed by atoms with Crippen molar-refractivity contribution in [2.45, 2.75) is 25.8 Å². The first-order chi connectivity index (χ1) is 8.75. The minimum Gasteiger partial charge on any atom is -0.397 e. The molecule has 0 aliphatic heterocycles. The van der Waals surface area contributed by atoms with Crippen LogP contribution in [0.15, 0.2) is 54.6 Å². The van der Waals surface area contributed by atoms with E-state index in [0.29, 0.717) is 6.04 Å². The molecule has 2 aromatic rings. The fourth-order valence-electron chi connectivity index (χ4n) is 1.99. The summed E-state index contributed by atoms with van der Waals surface area (Å²) in [6.07, 6.45) is 2.18. The summed E-state index contributed by atoms with van der Waals surface area (Å²) in [6.45, 7) is 2.19. The summed E-state index contributed by atoms with van der Waals surface area (Å²) in [6, 6.07) is 18.9. The number of hydrogen-bond donors (Lipinski definition) is 2. The van der Waals surface area contributed by atoms with E-state index in [2.05, 4.69) is 42.6 Å². The average molecular weight is 240 g/mol. The maximum atomic E-state index is 5.91. The Balaban J connectivity index is 1.86. The van der Waals surface area contributed by atoms with Crippen molar-refractivity contribution in [3.8, 4) is 0 Å². The summed E-state index contributed by atoms with van der Waals surface area (Å²) < 4.78 is 0. The molecule has 0 aliphatic carbocycles. The number of nitrogens with one attached hydrogen (secondary N) is 1. The maximum Gasteiger partial charge on any atom is 0.0575 e. The molecule has 2 heteroatoms. The van der Waals surface area contributed by atoms with Crippen LogP contribution in [0, 0.1) is 0 Å². The van der Waals surface area contributed by atoms with Crippen LogP contribution in [0.4, 0.5) is 11.4 Å². The van der Waals surface area contributed by atoms with Crippen molar-refractivity contribution < 1.29 is 0 Å². The zero-order valence-corrected chi connectivity index (χ0v) is 10.8. The first kappa shape index (κ1) is 12.5. The fourth-order valence-corrected chi connectivity index (χ4v) is 1.99. The lowest BCUT2D eigenvalue weighted by atomic mass is 10.1. The van der Waals surface area contributed by atoms with Gasteiger partial charge in [0.05, 0.1) is 11.4 Å². The summed E-state index contributed by atoms with van der Waals surface area (Å²) in [7, 11) is 0. The molecular weight excluding hydrogens is 220 g/mol. The predicted molar refractivity (Wildman–Crippen MR) is 78.7 cm³/mol. The molecule has 18 heavy (non-hydrogen) atoms. The molecule has 0 radical (unpaired) electrons. The number of aryl methyl sites for hydroxylation is 1. The highest BCUT2D eigenvalue weighted by Gasteiger charge is 2.04. The second kappa shape index (κ2) is 6.10. The fraction of sp³-hybridized carbons (Fsp3) is 0.250. The highest BCUT2D eigenvalue weighted by atomic mass is 14.9. The van der Waals surface area contributed by atoms with Crippen LogP contribution in [-0.2, 0) is 6.42 Å². The van der Waals surface area contributed by atoms with Gasteiger partial charge in [0.15, 0.2) is 0 Å². The number of para-hydroxylation sites is 2. The zero-order chi connectivity index (χ0) is 12.8. The van der Waals surface area contributed by atoms with Gasteiger partial charge in [-0.25, -0.2) is 0 Å². The second-order valence-corrected chi connectivity index (χ2v) is 4.66. The van der Waals surface area contributed by atoms with Gasteiger partial charge in [-0.1, -0.05) is 42.5 Å². The highest BCUT2D eigenvalue weighted by molar-refractivity contribution is 5.65. The van der Waals surface area contributed by atoms with Gasteiger partial charge in [0.25, 0.3) is 0 Å². The van der Waals surface area contributed by atoms with Gasteiger partial charge in [0.1, 0.15) is 0 Å². The molecule has 1 atom stereocenters. The Morgan fingerprint density at radius 3 is 2.39 bits per heavy atom. The lowest BCUT2D eigenvalue weighted by Gasteiger charge is -2.16. The van der Waals surface area contributed by atoms with Crippen LogP contribution < -0.4 is 11.1 Å². The van der Waals surface area contributed by atoms with Gasteiger partial charge in [-0.3, -0.25) is 0 Å². The number of benzene rings is 2. The quantitative estimate of drug-likeness (QED) is 0.782. The van der Waals surface area contributed by atoms with Gasteiger partial charge in [0, 0.05) is 6.04 Å². The first-order valence-corrected chi connectivity index (χ1v) is 6.40. The maximum absolute atomic E-state index is 5.91. The number of nitrogen functional groups attached to an aromatic ring is 1. The van der Waals surface area contributed by atoms with E-state index in [4.69, 9.17) is 5.73 Å². The smallest absolute Gasteiger partial charge is 0.0575 e. The lowest BCUT2D eigenvalue weighted by molar-refractivity contribution is 0.706. The van der Waals surface area contributed by atoms with E-state index < -0.39 is 0 Å². The van der Waals surface area contributed by atoms with E-state index in [1.807, 2.05) is 24.3 Å². The molecule has 3 N–H and O–H groups in total. The van der Waals surface area contributed by atoms with Crippen LogP contribution in [0.5, 0.6) is 0 Å². The van der Waals surface area contributed by atoms with Gasteiger partial charge < -0.3 is 11.1 Å². The molecule has 0 saturated carbocycles. The molecule has 0 fully saturated rings. The van der Waals surface area contributed by atoms with Crippen LogP contribution in [0.2, 0.25) is 0 Å². The molecule has 2 nitrogen and oxygen atoms in total. The third-order valence-electron chi connectivity index (χ3n) is 3.07. The second-order valence-electron chi connectivity index (χ2n) is 4.66. The zero-order valence-electron chi connectivity index (χ0n) is 10.8. The summed E-state index contributed by atoms with van der Waals surface area (Å²) >= 11 is 0. The van der Waals surface area contributed by atoms with Gasteiger partial charge in [-0.05, 0) is 37.5 Å². The summed E-state index contributed by atoms with van der Waals surface area (Å²) in [5.41, 5.74) is 9.13. The average Bonchev–Trinajstić information content (AvgIpc) is 2.40. The van der Waals surface area contributed by atoms with Crippen LogP contribution >= 0.6 is 0 Å². The van der Waals surface area contributed by atoms with Crippen LogP contribution in [0.25, 0.3) is 0 Å². The third kappa shape index (κ3) is 3.52. The first-order valence-electron chi connectivity index (χ1n) is 6.40. The normalized spacial score (nSPS) is 12.1. The topological polar surface area (TPSA) is 38.0 Å².